The smallest absolute Gasteiger partial charge is 0.255 e. The monoisotopic (exact) mass is 421 g/mol. The first-order valence-corrected chi connectivity index (χ1v) is 10.4. The number of fused-ring (bicyclic) bond motifs is 3. The average Bonchev–Trinajstić information content (AvgIpc) is 3.11. The molecule has 3 amide bonds. The van der Waals surface area contributed by atoms with Crippen LogP contribution in [-0.2, 0) is 27.5 Å². The molecule has 2 N–H and O–H groups in total. The predicted octanol–water partition coefficient (Wildman–Crippen LogP) is 1.84. The van der Waals surface area contributed by atoms with E-state index in [4.69, 9.17) is 9.47 Å². The molecule has 5 rings (SSSR count). The molecule has 3 heterocycles. The highest BCUT2D eigenvalue weighted by molar-refractivity contribution is 6.06. The fourth-order valence-electron chi connectivity index (χ4n) is 4.32. The topological polar surface area (TPSA) is 97.0 Å². The number of piperidine rings is 1. The Hall–Kier alpha value is -3.39. The van der Waals surface area contributed by atoms with Gasteiger partial charge in [-0.2, -0.15) is 0 Å². The van der Waals surface area contributed by atoms with E-state index in [1.54, 1.807) is 6.07 Å². The summed E-state index contributed by atoms with van der Waals surface area (Å²) >= 11 is 0. The SMILES string of the molecule is O=C1CCC(N2Cc3c(ccc4c3OC[C@H](COCc3ccccc3)N4)C2=O)C(=O)N1. The van der Waals surface area contributed by atoms with E-state index < -0.39 is 11.9 Å². The number of nitrogens with zero attached hydrogens (tertiary/aromatic N) is 1. The number of rotatable bonds is 5. The van der Waals surface area contributed by atoms with Gasteiger partial charge in [-0.05, 0) is 24.1 Å². The molecular formula is C23H23N3O5. The van der Waals surface area contributed by atoms with Crippen LogP contribution in [0.3, 0.4) is 0 Å². The molecule has 3 aliphatic rings. The van der Waals surface area contributed by atoms with Crippen LogP contribution in [-0.4, -0.2) is 47.9 Å². The molecule has 31 heavy (non-hydrogen) atoms. The minimum Gasteiger partial charge on any atom is -0.489 e. The molecule has 0 saturated carbocycles. The predicted molar refractivity (Wildman–Crippen MR) is 111 cm³/mol. The standard InChI is InChI=1S/C23H23N3O5/c27-20-9-8-19(22(28)25-20)26-10-17-16(23(26)29)6-7-18-21(17)31-13-15(24-18)12-30-11-14-4-2-1-3-5-14/h1-7,15,19,24H,8-13H2,(H,25,27,28)/t15-,19?/m0/s1. The van der Waals surface area contributed by atoms with Gasteiger partial charge in [0.05, 0.1) is 31.5 Å². The Morgan fingerprint density at radius 2 is 1.94 bits per heavy atom. The Bertz CT molecular complexity index is 1040. The molecule has 1 fully saturated rings. The summed E-state index contributed by atoms with van der Waals surface area (Å²) in [5.41, 5.74) is 3.26. The molecule has 0 aliphatic carbocycles. The highest BCUT2D eigenvalue weighted by Gasteiger charge is 2.41. The molecule has 0 aromatic heterocycles. The minimum atomic E-state index is -0.635. The summed E-state index contributed by atoms with van der Waals surface area (Å²) in [6, 6.07) is 13.0. The zero-order chi connectivity index (χ0) is 21.4. The third-order valence-electron chi connectivity index (χ3n) is 5.89. The van der Waals surface area contributed by atoms with Gasteiger partial charge in [0.15, 0.2) is 0 Å². The van der Waals surface area contributed by atoms with Crippen LogP contribution in [0.25, 0.3) is 0 Å². The maximum Gasteiger partial charge on any atom is 0.255 e. The van der Waals surface area contributed by atoms with Gasteiger partial charge in [0.1, 0.15) is 18.4 Å². The van der Waals surface area contributed by atoms with Gasteiger partial charge in [0, 0.05) is 17.5 Å². The molecule has 2 atom stereocenters. The van der Waals surface area contributed by atoms with Gasteiger partial charge in [0.2, 0.25) is 11.8 Å². The lowest BCUT2D eigenvalue weighted by Gasteiger charge is -2.30. The van der Waals surface area contributed by atoms with Crippen molar-refractivity contribution in [3.05, 3.63) is 59.2 Å². The molecule has 160 valence electrons. The quantitative estimate of drug-likeness (QED) is 0.715. The van der Waals surface area contributed by atoms with E-state index in [1.165, 1.54) is 4.90 Å². The number of hydrogen-bond acceptors (Lipinski definition) is 6. The maximum atomic E-state index is 12.9. The second kappa shape index (κ2) is 8.03. The van der Waals surface area contributed by atoms with Crippen LogP contribution in [0.4, 0.5) is 5.69 Å². The van der Waals surface area contributed by atoms with Crippen molar-refractivity contribution < 1.29 is 23.9 Å². The summed E-state index contributed by atoms with van der Waals surface area (Å²) in [7, 11) is 0. The van der Waals surface area contributed by atoms with E-state index >= 15 is 0 Å². The summed E-state index contributed by atoms with van der Waals surface area (Å²) in [5, 5.41) is 5.76. The fraction of sp³-hybridized carbons (Fsp3) is 0.348. The lowest BCUT2D eigenvalue weighted by Crippen LogP contribution is -2.52. The molecule has 0 radical (unpaired) electrons. The number of nitrogens with one attached hydrogen (secondary N) is 2. The van der Waals surface area contributed by atoms with Crippen molar-refractivity contribution in [1.29, 1.82) is 0 Å². The van der Waals surface area contributed by atoms with Crippen LogP contribution in [0, 0.1) is 0 Å². The first kappa shape index (κ1) is 19.6. The third kappa shape index (κ3) is 3.74. The van der Waals surface area contributed by atoms with E-state index in [-0.39, 0.29) is 24.3 Å². The number of benzene rings is 2. The van der Waals surface area contributed by atoms with Crippen molar-refractivity contribution in [1.82, 2.24) is 10.2 Å². The van der Waals surface area contributed by atoms with Gasteiger partial charge in [0.25, 0.3) is 5.91 Å². The summed E-state index contributed by atoms with van der Waals surface area (Å²) in [4.78, 5) is 38.1. The molecule has 8 nitrogen and oxygen atoms in total. The first-order chi connectivity index (χ1) is 15.1. The van der Waals surface area contributed by atoms with Gasteiger partial charge in [-0.3, -0.25) is 19.7 Å². The van der Waals surface area contributed by atoms with Gasteiger partial charge >= 0.3 is 0 Å². The van der Waals surface area contributed by atoms with E-state index in [0.29, 0.717) is 44.1 Å². The lowest BCUT2D eigenvalue weighted by atomic mass is 10.0. The Morgan fingerprint density at radius 1 is 1.10 bits per heavy atom. The van der Waals surface area contributed by atoms with Crippen LogP contribution in [0.15, 0.2) is 42.5 Å². The van der Waals surface area contributed by atoms with Crippen molar-refractivity contribution in [3.63, 3.8) is 0 Å². The molecule has 8 heteroatoms. The summed E-state index contributed by atoms with van der Waals surface area (Å²) in [6.07, 6.45) is 0.573. The number of anilines is 1. The molecule has 0 bridgehead atoms. The van der Waals surface area contributed by atoms with Gasteiger partial charge in [-0.25, -0.2) is 0 Å². The van der Waals surface area contributed by atoms with E-state index in [1.807, 2.05) is 36.4 Å². The van der Waals surface area contributed by atoms with Gasteiger partial charge in [-0.15, -0.1) is 0 Å². The zero-order valence-electron chi connectivity index (χ0n) is 16.9. The van der Waals surface area contributed by atoms with Crippen molar-refractivity contribution >= 4 is 23.4 Å². The number of hydrogen-bond donors (Lipinski definition) is 2. The van der Waals surface area contributed by atoms with Crippen LogP contribution < -0.4 is 15.4 Å². The van der Waals surface area contributed by atoms with Crippen molar-refractivity contribution in [2.45, 2.75) is 38.1 Å². The van der Waals surface area contributed by atoms with E-state index in [2.05, 4.69) is 10.6 Å². The molecule has 2 aromatic rings. The first-order valence-electron chi connectivity index (χ1n) is 10.4. The van der Waals surface area contributed by atoms with Crippen molar-refractivity contribution in [2.24, 2.45) is 0 Å². The Morgan fingerprint density at radius 3 is 2.74 bits per heavy atom. The number of imide groups is 1. The van der Waals surface area contributed by atoms with Crippen LogP contribution in [0.1, 0.15) is 34.3 Å². The lowest BCUT2D eigenvalue weighted by molar-refractivity contribution is -0.136. The summed E-state index contributed by atoms with van der Waals surface area (Å²) < 4.78 is 11.9. The maximum absolute atomic E-state index is 12.9. The average molecular weight is 421 g/mol. The number of carbonyl (C=O) groups is 3. The highest BCUT2D eigenvalue weighted by Crippen LogP contribution is 2.40. The van der Waals surface area contributed by atoms with Gasteiger partial charge < -0.3 is 19.7 Å². The van der Waals surface area contributed by atoms with Crippen molar-refractivity contribution in [2.75, 3.05) is 18.5 Å². The number of ether oxygens (including phenoxy) is 2. The molecule has 2 aromatic carbocycles. The summed E-state index contributed by atoms with van der Waals surface area (Å²) in [6.45, 7) is 1.74. The Balaban J connectivity index is 1.25. The van der Waals surface area contributed by atoms with Crippen LogP contribution >= 0.6 is 0 Å². The van der Waals surface area contributed by atoms with Gasteiger partial charge in [-0.1, -0.05) is 30.3 Å². The normalized spacial score (nSPS) is 22.3. The number of amides is 3. The second-order valence-corrected chi connectivity index (χ2v) is 8.02. The molecule has 3 aliphatic heterocycles. The minimum absolute atomic E-state index is 0.00222. The molecule has 1 saturated heterocycles. The molecule has 1 unspecified atom stereocenters. The van der Waals surface area contributed by atoms with Crippen molar-refractivity contribution in [3.8, 4) is 5.75 Å². The molecular weight excluding hydrogens is 398 g/mol. The number of carbonyl (C=O) groups excluding carboxylic acids is 3. The highest BCUT2D eigenvalue weighted by atomic mass is 16.5. The Kier molecular flexibility index (Phi) is 5.07. The second-order valence-electron chi connectivity index (χ2n) is 8.02. The third-order valence-corrected chi connectivity index (χ3v) is 5.89. The molecule has 0 spiro atoms. The van der Waals surface area contributed by atoms with Crippen LogP contribution in [0.2, 0.25) is 0 Å². The van der Waals surface area contributed by atoms with E-state index in [0.717, 1.165) is 16.8 Å². The van der Waals surface area contributed by atoms with E-state index in [9.17, 15) is 14.4 Å². The fourth-order valence-corrected chi connectivity index (χ4v) is 4.32. The Labute approximate surface area is 179 Å². The largest absolute Gasteiger partial charge is 0.489 e. The zero-order valence-corrected chi connectivity index (χ0v) is 16.9. The summed E-state index contributed by atoms with van der Waals surface area (Å²) in [5.74, 6) is -0.263. The van der Waals surface area contributed by atoms with Crippen LogP contribution in [0.5, 0.6) is 5.75 Å².